The molecule has 1 aromatic heterocycles. The summed E-state index contributed by atoms with van der Waals surface area (Å²) in [4.78, 5) is 4.15. The fraction of sp³-hybridized carbons (Fsp3) is 0.615. The molecule has 0 bridgehead atoms. The van der Waals surface area contributed by atoms with Gasteiger partial charge >= 0.3 is 0 Å². The minimum absolute atomic E-state index is 0.0296. The van der Waals surface area contributed by atoms with E-state index >= 15 is 0 Å². The molecule has 1 aliphatic rings. The number of aliphatic hydroxyl groups is 1. The van der Waals surface area contributed by atoms with Crippen LogP contribution in [0.4, 0.5) is 0 Å². The third-order valence-corrected chi connectivity index (χ3v) is 5.20. The molecule has 0 amide bonds. The number of piperidine rings is 1. The number of nitrogens with zero attached hydrogens (tertiary/aromatic N) is 2. The SMILES string of the molecule is CC(NS(=O)(=O)N1CCCC(CO)C1)c1ccccn1. The minimum atomic E-state index is -3.54. The first-order valence-corrected chi connectivity index (χ1v) is 8.26. The summed E-state index contributed by atoms with van der Waals surface area (Å²) in [6, 6.07) is 5.03. The van der Waals surface area contributed by atoms with Gasteiger partial charge in [0.25, 0.3) is 10.2 Å². The van der Waals surface area contributed by atoms with Gasteiger partial charge in [-0.1, -0.05) is 6.07 Å². The number of nitrogens with one attached hydrogen (secondary N) is 1. The highest BCUT2D eigenvalue weighted by atomic mass is 32.2. The summed E-state index contributed by atoms with van der Waals surface area (Å²) < 4.78 is 28.7. The van der Waals surface area contributed by atoms with Gasteiger partial charge in [0.05, 0.1) is 11.7 Å². The summed E-state index contributed by atoms with van der Waals surface area (Å²) in [6.45, 7) is 2.68. The van der Waals surface area contributed by atoms with Crippen molar-refractivity contribution in [3.63, 3.8) is 0 Å². The van der Waals surface area contributed by atoms with E-state index in [0.29, 0.717) is 18.8 Å². The van der Waals surface area contributed by atoms with E-state index in [0.717, 1.165) is 12.8 Å². The van der Waals surface area contributed by atoms with E-state index in [1.54, 1.807) is 25.3 Å². The van der Waals surface area contributed by atoms with E-state index in [2.05, 4.69) is 9.71 Å². The van der Waals surface area contributed by atoms with Crippen LogP contribution < -0.4 is 4.72 Å². The molecule has 0 radical (unpaired) electrons. The van der Waals surface area contributed by atoms with Gasteiger partial charge in [0, 0.05) is 25.9 Å². The summed E-state index contributed by atoms with van der Waals surface area (Å²) in [5.74, 6) is 0.0329. The highest BCUT2D eigenvalue weighted by molar-refractivity contribution is 7.87. The zero-order chi connectivity index (χ0) is 14.6. The van der Waals surface area contributed by atoms with Crippen LogP contribution in [0.1, 0.15) is 31.5 Å². The highest BCUT2D eigenvalue weighted by Gasteiger charge is 2.29. The van der Waals surface area contributed by atoms with Crippen molar-refractivity contribution in [1.82, 2.24) is 14.0 Å². The van der Waals surface area contributed by atoms with Crippen molar-refractivity contribution < 1.29 is 13.5 Å². The molecular weight excluding hydrogens is 278 g/mol. The predicted molar refractivity (Wildman–Crippen MR) is 76.1 cm³/mol. The van der Waals surface area contributed by atoms with Crippen LogP contribution >= 0.6 is 0 Å². The van der Waals surface area contributed by atoms with Crippen molar-refractivity contribution >= 4 is 10.2 Å². The molecule has 1 aliphatic heterocycles. The minimum Gasteiger partial charge on any atom is -0.396 e. The van der Waals surface area contributed by atoms with Crippen LogP contribution in [-0.2, 0) is 10.2 Å². The number of hydrogen-bond donors (Lipinski definition) is 2. The molecule has 1 aromatic rings. The topological polar surface area (TPSA) is 82.5 Å². The van der Waals surface area contributed by atoms with Crippen LogP contribution in [-0.4, -0.2) is 42.5 Å². The van der Waals surface area contributed by atoms with Crippen molar-refractivity contribution in [1.29, 1.82) is 0 Å². The van der Waals surface area contributed by atoms with Crippen LogP contribution in [0.25, 0.3) is 0 Å². The van der Waals surface area contributed by atoms with E-state index < -0.39 is 10.2 Å². The summed E-state index contributed by atoms with van der Waals surface area (Å²) >= 11 is 0. The fourth-order valence-corrected chi connectivity index (χ4v) is 3.88. The largest absolute Gasteiger partial charge is 0.396 e. The maximum atomic E-state index is 12.3. The van der Waals surface area contributed by atoms with Crippen LogP contribution in [0.2, 0.25) is 0 Å². The number of rotatable bonds is 5. The Morgan fingerprint density at radius 3 is 3.00 bits per heavy atom. The molecule has 0 aromatic carbocycles. The van der Waals surface area contributed by atoms with Crippen molar-refractivity contribution in [2.24, 2.45) is 5.92 Å². The first-order chi connectivity index (χ1) is 9.53. The van der Waals surface area contributed by atoms with Gasteiger partial charge < -0.3 is 5.11 Å². The summed E-state index contributed by atoms with van der Waals surface area (Å²) in [5.41, 5.74) is 0.687. The number of aromatic nitrogens is 1. The summed E-state index contributed by atoms with van der Waals surface area (Å²) in [6.07, 6.45) is 3.30. The van der Waals surface area contributed by atoms with Gasteiger partial charge in [0.1, 0.15) is 0 Å². The lowest BCUT2D eigenvalue weighted by Crippen LogP contribution is -2.47. The Hall–Kier alpha value is -1.02. The second kappa shape index (κ2) is 6.62. The molecule has 0 spiro atoms. The maximum Gasteiger partial charge on any atom is 0.280 e. The van der Waals surface area contributed by atoms with E-state index in [9.17, 15) is 13.5 Å². The van der Waals surface area contributed by atoms with Crippen molar-refractivity contribution in [3.8, 4) is 0 Å². The maximum absolute atomic E-state index is 12.3. The second-order valence-corrected chi connectivity index (χ2v) is 6.85. The first-order valence-electron chi connectivity index (χ1n) is 6.82. The lowest BCUT2D eigenvalue weighted by molar-refractivity contribution is 0.164. The molecule has 2 atom stereocenters. The zero-order valence-corrected chi connectivity index (χ0v) is 12.4. The Labute approximate surface area is 120 Å². The van der Waals surface area contributed by atoms with E-state index in [1.807, 2.05) is 6.07 Å². The molecule has 1 fully saturated rings. The highest BCUT2D eigenvalue weighted by Crippen LogP contribution is 2.19. The van der Waals surface area contributed by atoms with Crippen LogP contribution in [0.3, 0.4) is 0 Å². The van der Waals surface area contributed by atoms with Gasteiger partial charge in [0.15, 0.2) is 0 Å². The quantitative estimate of drug-likeness (QED) is 0.837. The van der Waals surface area contributed by atoms with Gasteiger partial charge in [-0.15, -0.1) is 0 Å². The lowest BCUT2D eigenvalue weighted by Gasteiger charge is -2.31. The number of aliphatic hydroxyl groups excluding tert-OH is 1. The molecule has 0 aliphatic carbocycles. The van der Waals surface area contributed by atoms with Crippen molar-refractivity contribution in [3.05, 3.63) is 30.1 Å². The molecular formula is C13H21N3O3S. The molecule has 0 saturated carbocycles. The van der Waals surface area contributed by atoms with Gasteiger partial charge in [-0.2, -0.15) is 17.4 Å². The number of pyridine rings is 1. The predicted octanol–water partition coefficient (Wildman–Crippen LogP) is 0.681. The summed E-state index contributed by atoms with van der Waals surface area (Å²) in [7, 11) is -3.54. The average Bonchev–Trinajstić information content (AvgIpc) is 2.48. The zero-order valence-electron chi connectivity index (χ0n) is 11.6. The average molecular weight is 299 g/mol. The lowest BCUT2D eigenvalue weighted by atomic mass is 10.0. The molecule has 112 valence electrons. The van der Waals surface area contributed by atoms with Crippen molar-refractivity contribution in [2.75, 3.05) is 19.7 Å². The normalized spacial score (nSPS) is 22.6. The Morgan fingerprint density at radius 2 is 2.35 bits per heavy atom. The van der Waals surface area contributed by atoms with Gasteiger partial charge in [-0.3, -0.25) is 4.98 Å². The molecule has 20 heavy (non-hydrogen) atoms. The molecule has 2 rings (SSSR count). The third-order valence-electron chi connectivity index (χ3n) is 3.54. The van der Waals surface area contributed by atoms with E-state index in [-0.39, 0.29) is 18.6 Å². The molecule has 2 heterocycles. The first kappa shape index (κ1) is 15.4. The second-order valence-electron chi connectivity index (χ2n) is 5.15. The molecule has 6 nitrogen and oxygen atoms in total. The van der Waals surface area contributed by atoms with Gasteiger partial charge in [0.2, 0.25) is 0 Å². The third kappa shape index (κ3) is 3.76. The monoisotopic (exact) mass is 299 g/mol. The molecule has 2 unspecified atom stereocenters. The Bertz CT molecular complexity index is 521. The fourth-order valence-electron chi connectivity index (χ4n) is 2.38. The Kier molecular flexibility index (Phi) is 5.09. The van der Waals surface area contributed by atoms with E-state index in [4.69, 9.17) is 0 Å². The van der Waals surface area contributed by atoms with Gasteiger partial charge in [-0.05, 0) is 37.8 Å². The van der Waals surface area contributed by atoms with Crippen LogP contribution in [0.5, 0.6) is 0 Å². The standard InChI is InChI=1S/C13H21N3O3S/c1-11(13-6-2-3-7-14-13)15-20(18,19)16-8-4-5-12(9-16)10-17/h2-3,6-7,11-12,15,17H,4-5,8-10H2,1H3. The van der Waals surface area contributed by atoms with Gasteiger partial charge in [-0.25, -0.2) is 0 Å². The Morgan fingerprint density at radius 1 is 1.55 bits per heavy atom. The Balaban J connectivity index is 2.03. The smallest absolute Gasteiger partial charge is 0.280 e. The van der Waals surface area contributed by atoms with Crippen LogP contribution in [0, 0.1) is 5.92 Å². The molecule has 1 saturated heterocycles. The van der Waals surface area contributed by atoms with E-state index in [1.165, 1.54) is 4.31 Å². The molecule has 7 heteroatoms. The molecule has 2 N–H and O–H groups in total. The van der Waals surface area contributed by atoms with Crippen molar-refractivity contribution in [2.45, 2.75) is 25.8 Å². The van der Waals surface area contributed by atoms with Crippen LogP contribution in [0.15, 0.2) is 24.4 Å². The summed E-state index contributed by atoms with van der Waals surface area (Å²) in [5, 5.41) is 9.18. The number of hydrogen-bond acceptors (Lipinski definition) is 4.